The summed E-state index contributed by atoms with van der Waals surface area (Å²) in [7, 11) is 0. The topological polar surface area (TPSA) is 69.6 Å². The van der Waals surface area contributed by atoms with Gasteiger partial charge in [0.25, 0.3) is 0 Å². The summed E-state index contributed by atoms with van der Waals surface area (Å²) < 4.78 is 13.5. The fourth-order valence-electron chi connectivity index (χ4n) is 2.63. The van der Waals surface area contributed by atoms with E-state index in [0.29, 0.717) is 12.5 Å². The lowest BCUT2D eigenvalue weighted by molar-refractivity contribution is 0.0692. The van der Waals surface area contributed by atoms with Crippen molar-refractivity contribution in [2.24, 2.45) is 5.92 Å². The van der Waals surface area contributed by atoms with Crippen molar-refractivity contribution in [2.75, 3.05) is 18.4 Å². The molecule has 1 aromatic carbocycles. The van der Waals surface area contributed by atoms with E-state index >= 15 is 0 Å². The molecule has 21 heavy (non-hydrogen) atoms. The zero-order chi connectivity index (χ0) is 15.4. The summed E-state index contributed by atoms with van der Waals surface area (Å²) in [6.07, 6.45) is 3.20. The monoisotopic (exact) mass is 294 g/mol. The zero-order valence-corrected chi connectivity index (χ0v) is 11.9. The molecule has 0 aliphatic carbocycles. The van der Waals surface area contributed by atoms with Crippen LogP contribution >= 0.6 is 0 Å². The average molecular weight is 294 g/mol. The number of aromatic carboxylic acids is 1. The lowest BCUT2D eigenvalue weighted by Gasteiger charge is -2.17. The van der Waals surface area contributed by atoms with Crippen molar-refractivity contribution in [1.82, 2.24) is 4.90 Å². The SMILES string of the molecule is CCCC1CCN(C(=O)Nc2ccc(C(=O)O)c(F)c2)C1. The van der Waals surface area contributed by atoms with E-state index < -0.39 is 17.3 Å². The molecule has 2 N–H and O–H groups in total. The number of carboxylic acid groups (broad SMARTS) is 1. The fourth-order valence-corrected chi connectivity index (χ4v) is 2.63. The molecule has 1 aliphatic heterocycles. The molecule has 2 rings (SSSR count). The summed E-state index contributed by atoms with van der Waals surface area (Å²) in [6.45, 7) is 3.54. The number of hydrogen-bond acceptors (Lipinski definition) is 2. The van der Waals surface area contributed by atoms with Crippen molar-refractivity contribution in [3.8, 4) is 0 Å². The molecule has 0 saturated carbocycles. The number of carbonyl (C=O) groups excluding carboxylic acids is 1. The Morgan fingerprint density at radius 1 is 1.48 bits per heavy atom. The van der Waals surface area contributed by atoms with Crippen LogP contribution in [0.4, 0.5) is 14.9 Å². The van der Waals surface area contributed by atoms with Crippen molar-refractivity contribution in [1.29, 1.82) is 0 Å². The number of benzene rings is 1. The van der Waals surface area contributed by atoms with Crippen LogP contribution in [0.2, 0.25) is 0 Å². The van der Waals surface area contributed by atoms with Gasteiger partial charge in [-0.3, -0.25) is 0 Å². The number of nitrogens with one attached hydrogen (secondary N) is 1. The Labute approximate surface area is 122 Å². The summed E-state index contributed by atoms with van der Waals surface area (Å²) in [5.41, 5.74) is -0.140. The largest absolute Gasteiger partial charge is 0.478 e. The number of carboxylic acids is 1. The van der Waals surface area contributed by atoms with E-state index in [4.69, 9.17) is 5.11 Å². The van der Waals surface area contributed by atoms with E-state index in [9.17, 15) is 14.0 Å². The Kier molecular flexibility index (Phi) is 4.77. The first kappa shape index (κ1) is 15.3. The quantitative estimate of drug-likeness (QED) is 0.896. The van der Waals surface area contributed by atoms with Crippen LogP contribution in [0.3, 0.4) is 0 Å². The molecule has 0 aromatic heterocycles. The van der Waals surface area contributed by atoms with Gasteiger partial charge in [-0.1, -0.05) is 13.3 Å². The Morgan fingerprint density at radius 2 is 2.24 bits per heavy atom. The summed E-state index contributed by atoms with van der Waals surface area (Å²) in [6, 6.07) is 3.30. The van der Waals surface area contributed by atoms with Gasteiger partial charge in [-0.25, -0.2) is 14.0 Å². The van der Waals surface area contributed by atoms with Gasteiger partial charge >= 0.3 is 12.0 Å². The second-order valence-electron chi connectivity index (χ2n) is 5.32. The maximum atomic E-state index is 13.5. The second-order valence-corrected chi connectivity index (χ2v) is 5.32. The lowest BCUT2D eigenvalue weighted by atomic mass is 10.0. The highest BCUT2D eigenvalue weighted by molar-refractivity contribution is 5.92. The Morgan fingerprint density at radius 3 is 2.86 bits per heavy atom. The summed E-state index contributed by atoms with van der Waals surface area (Å²) in [4.78, 5) is 24.5. The van der Waals surface area contributed by atoms with Crippen molar-refractivity contribution in [3.05, 3.63) is 29.6 Å². The highest BCUT2D eigenvalue weighted by Crippen LogP contribution is 2.22. The third-order valence-electron chi connectivity index (χ3n) is 3.72. The van der Waals surface area contributed by atoms with Gasteiger partial charge in [0, 0.05) is 18.8 Å². The Hall–Kier alpha value is -2.11. The van der Waals surface area contributed by atoms with Crippen LogP contribution in [-0.2, 0) is 0 Å². The minimum Gasteiger partial charge on any atom is -0.478 e. The molecular weight excluding hydrogens is 275 g/mol. The van der Waals surface area contributed by atoms with E-state index in [1.54, 1.807) is 4.90 Å². The maximum Gasteiger partial charge on any atom is 0.338 e. The Bertz CT molecular complexity index is 548. The van der Waals surface area contributed by atoms with Gasteiger partial charge in [-0.15, -0.1) is 0 Å². The fraction of sp³-hybridized carbons (Fsp3) is 0.467. The molecular formula is C15H19FN2O3. The first-order valence-corrected chi connectivity index (χ1v) is 7.10. The molecule has 5 nitrogen and oxygen atoms in total. The predicted octanol–water partition coefficient (Wildman–Crippen LogP) is 3.18. The molecule has 1 aromatic rings. The molecule has 1 atom stereocenters. The summed E-state index contributed by atoms with van der Waals surface area (Å²) >= 11 is 0. The van der Waals surface area contributed by atoms with E-state index in [-0.39, 0.29) is 11.7 Å². The third kappa shape index (κ3) is 3.71. The van der Waals surface area contributed by atoms with Crippen LogP contribution in [0.15, 0.2) is 18.2 Å². The molecule has 1 aliphatic rings. The van der Waals surface area contributed by atoms with Crippen LogP contribution in [-0.4, -0.2) is 35.1 Å². The van der Waals surface area contributed by atoms with E-state index in [0.717, 1.165) is 37.9 Å². The van der Waals surface area contributed by atoms with Crippen molar-refractivity contribution < 1.29 is 19.1 Å². The number of rotatable bonds is 4. The highest BCUT2D eigenvalue weighted by Gasteiger charge is 2.25. The van der Waals surface area contributed by atoms with Crippen LogP contribution in [0, 0.1) is 11.7 Å². The number of hydrogen-bond donors (Lipinski definition) is 2. The van der Waals surface area contributed by atoms with Crippen LogP contribution < -0.4 is 5.32 Å². The molecule has 0 bridgehead atoms. The van der Waals surface area contributed by atoms with Crippen LogP contribution in [0.5, 0.6) is 0 Å². The number of anilines is 1. The van der Waals surface area contributed by atoms with E-state index in [2.05, 4.69) is 12.2 Å². The van der Waals surface area contributed by atoms with Crippen LogP contribution in [0.1, 0.15) is 36.5 Å². The molecule has 114 valence electrons. The van der Waals surface area contributed by atoms with Crippen LogP contribution in [0.25, 0.3) is 0 Å². The zero-order valence-electron chi connectivity index (χ0n) is 11.9. The van der Waals surface area contributed by atoms with Gasteiger partial charge in [-0.05, 0) is 37.0 Å². The molecule has 0 spiro atoms. The average Bonchev–Trinajstić information content (AvgIpc) is 2.87. The standard InChI is InChI=1S/C15H19FN2O3/c1-2-3-10-6-7-18(9-10)15(21)17-11-4-5-12(14(19)20)13(16)8-11/h4-5,8,10H,2-3,6-7,9H2,1H3,(H,17,21)(H,19,20). The van der Waals surface area contributed by atoms with E-state index in [1.807, 2.05) is 0 Å². The lowest BCUT2D eigenvalue weighted by Crippen LogP contribution is -2.33. The smallest absolute Gasteiger partial charge is 0.338 e. The number of urea groups is 1. The van der Waals surface area contributed by atoms with Crippen molar-refractivity contribution in [3.63, 3.8) is 0 Å². The molecule has 1 fully saturated rings. The number of nitrogens with zero attached hydrogens (tertiary/aromatic N) is 1. The minimum atomic E-state index is -1.33. The van der Waals surface area contributed by atoms with Crippen molar-refractivity contribution in [2.45, 2.75) is 26.2 Å². The number of likely N-dealkylation sites (tertiary alicyclic amines) is 1. The molecule has 6 heteroatoms. The Balaban J connectivity index is 1.97. The molecule has 1 heterocycles. The van der Waals surface area contributed by atoms with E-state index in [1.165, 1.54) is 6.07 Å². The summed E-state index contributed by atoms with van der Waals surface area (Å²) in [5, 5.41) is 11.4. The molecule has 1 unspecified atom stereocenters. The minimum absolute atomic E-state index is 0.265. The second kappa shape index (κ2) is 6.56. The number of amides is 2. The van der Waals surface area contributed by atoms with Crippen molar-refractivity contribution >= 4 is 17.7 Å². The third-order valence-corrected chi connectivity index (χ3v) is 3.72. The normalized spacial score (nSPS) is 17.8. The van der Waals surface area contributed by atoms with Gasteiger partial charge in [-0.2, -0.15) is 0 Å². The molecule has 0 radical (unpaired) electrons. The first-order chi connectivity index (χ1) is 10.0. The van der Waals surface area contributed by atoms with Gasteiger partial charge in [0.2, 0.25) is 0 Å². The van der Waals surface area contributed by atoms with Gasteiger partial charge < -0.3 is 15.3 Å². The highest BCUT2D eigenvalue weighted by atomic mass is 19.1. The van der Waals surface area contributed by atoms with Gasteiger partial charge in [0.05, 0.1) is 5.56 Å². The number of halogens is 1. The number of carbonyl (C=O) groups is 2. The van der Waals surface area contributed by atoms with Gasteiger partial charge in [0.15, 0.2) is 0 Å². The predicted molar refractivity (Wildman–Crippen MR) is 77.0 cm³/mol. The maximum absolute atomic E-state index is 13.5. The molecule has 1 saturated heterocycles. The van der Waals surface area contributed by atoms with Gasteiger partial charge in [0.1, 0.15) is 5.82 Å². The molecule has 2 amide bonds. The first-order valence-electron chi connectivity index (χ1n) is 7.10. The summed E-state index contributed by atoms with van der Waals surface area (Å²) in [5.74, 6) is -1.65.